The molecule has 0 aromatic heterocycles. The number of benzene rings is 2. The summed E-state index contributed by atoms with van der Waals surface area (Å²) in [6.45, 7) is 4.67. The zero-order chi connectivity index (χ0) is 20.1. The van der Waals surface area contributed by atoms with Crippen LogP contribution in [0.15, 0.2) is 48.5 Å². The Balaban J connectivity index is 1.66. The van der Waals surface area contributed by atoms with Gasteiger partial charge in [-0.3, -0.25) is 4.79 Å². The van der Waals surface area contributed by atoms with Crippen molar-refractivity contribution in [3.63, 3.8) is 0 Å². The van der Waals surface area contributed by atoms with Gasteiger partial charge in [0.2, 0.25) is 5.91 Å². The van der Waals surface area contributed by atoms with Gasteiger partial charge in [0.15, 0.2) is 9.84 Å². The first-order valence-electron chi connectivity index (χ1n) is 9.58. The number of amides is 1. The van der Waals surface area contributed by atoms with Crippen LogP contribution in [0.2, 0.25) is 0 Å². The molecule has 1 fully saturated rings. The van der Waals surface area contributed by atoms with E-state index in [0.717, 1.165) is 22.4 Å². The third kappa shape index (κ3) is 5.35. The Kier molecular flexibility index (Phi) is 6.39. The molecule has 150 valence electrons. The Labute approximate surface area is 167 Å². The number of hydrogen-bond acceptors (Lipinski definition) is 4. The molecule has 0 N–H and O–H groups in total. The Morgan fingerprint density at radius 1 is 1.14 bits per heavy atom. The maximum Gasteiger partial charge on any atom is 0.226 e. The fourth-order valence-electron chi connectivity index (χ4n) is 3.48. The molecule has 0 saturated carbocycles. The van der Waals surface area contributed by atoms with E-state index in [9.17, 15) is 13.2 Å². The number of nitrogens with zero attached hydrogens (tertiary/aromatic N) is 1. The Morgan fingerprint density at radius 2 is 1.89 bits per heavy atom. The molecule has 1 aliphatic rings. The van der Waals surface area contributed by atoms with E-state index >= 15 is 0 Å². The number of carbonyl (C=O) groups is 1. The lowest BCUT2D eigenvalue weighted by Crippen LogP contribution is -2.41. The molecule has 0 radical (unpaired) electrons. The van der Waals surface area contributed by atoms with E-state index in [-0.39, 0.29) is 36.5 Å². The third-order valence-corrected chi connectivity index (χ3v) is 6.83. The van der Waals surface area contributed by atoms with Gasteiger partial charge < -0.3 is 9.64 Å². The first-order chi connectivity index (χ1) is 13.3. The predicted octanol–water partition coefficient (Wildman–Crippen LogP) is 3.29. The average molecular weight is 402 g/mol. The number of aryl methyl sites for hydroxylation is 2. The van der Waals surface area contributed by atoms with Crippen molar-refractivity contribution in [2.24, 2.45) is 0 Å². The maximum absolute atomic E-state index is 12.9. The lowest BCUT2D eigenvalue weighted by molar-refractivity contribution is -0.134. The van der Waals surface area contributed by atoms with Crippen LogP contribution in [0.3, 0.4) is 0 Å². The van der Waals surface area contributed by atoms with Gasteiger partial charge in [0, 0.05) is 12.6 Å². The third-order valence-electron chi connectivity index (χ3n) is 5.08. The summed E-state index contributed by atoms with van der Waals surface area (Å²) >= 11 is 0. The van der Waals surface area contributed by atoms with Gasteiger partial charge in [0.05, 0.1) is 24.5 Å². The van der Waals surface area contributed by atoms with Crippen LogP contribution in [-0.4, -0.2) is 43.4 Å². The van der Waals surface area contributed by atoms with Gasteiger partial charge in [-0.05, 0) is 43.0 Å². The monoisotopic (exact) mass is 401 g/mol. The fraction of sp³-hybridized carbons (Fsp3) is 0.409. The van der Waals surface area contributed by atoms with Crippen LogP contribution < -0.4 is 4.74 Å². The van der Waals surface area contributed by atoms with E-state index in [1.54, 1.807) is 4.90 Å². The highest BCUT2D eigenvalue weighted by Gasteiger charge is 2.34. The molecule has 1 amide bonds. The molecule has 6 heteroatoms. The lowest BCUT2D eigenvalue weighted by atomic mass is 10.1. The topological polar surface area (TPSA) is 63.7 Å². The van der Waals surface area contributed by atoms with Crippen LogP contribution in [0.1, 0.15) is 29.5 Å². The molecule has 0 bridgehead atoms. The molecule has 1 heterocycles. The number of carbonyl (C=O) groups excluding carboxylic acids is 1. The van der Waals surface area contributed by atoms with Crippen LogP contribution in [0.25, 0.3) is 0 Å². The minimum absolute atomic E-state index is 0.0451. The van der Waals surface area contributed by atoms with E-state index < -0.39 is 9.84 Å². The van der Waals surface area contributed by atoms with E-state index in [1.165, 1.54) is 0 Å². The Bertz CT molecular complexity index is 925. The zero-order valence-corrected chi connectivity index (χ0v) is 17.2. The first-order valence-corrected chi connectivity index (χ1v) is 11.4. The SMILES string of the molecule is Cc1ccc(C)c(OCCC(=O)N(Cc2ccccc2)[C@@H]2CCS(=O)(=O)C2)c1. The van der Waals surface area contributed by atoms with Crippen molar-refractivity contribution in [1.29, 1.82) is 0 Å². The zero-order valence-electron chi connectivity index (χ0n) is 16.4. The normalized spacial score (nSPS) is 18.0. The number of ether oxygens (including phenoxy) is 1. The van der Waals surface area contributed by atoms with Crippen molar-refractivity contribution in [1.82, 2.24) is 4.90 Å². The molecule has 0 unspecified atom stereocenters. The molecule has 5 nitrogen and oxygen atoms in total. The smallest absolute Gasteiger partial charge is 0.226 e. The van der Waals surface area contributed by atoms with E-state index in [4.69, 9.17) is 4.74 Å². The number of hydrogen-bond donors (Lipinski definition) is 0. The van der Waals surface area contributed by atoms with Gasteiger partial charge >= 0.3 is 0 Å². The quantitative estimate of drug-likeness (QED) is 0.714. The molecule has 2 aromatic carbocycles. The van der Waals surface area contributed by atoms with Crippen LogP contribution in [0, 0.1) is 13.8 Å². The maximum atomic E-state index is 12.9. The summed E-state index contributed by atoms with van der Waals surface area (Å²) in [5, 5.41) is 0. The molecular formula is C22H27NO4S. The second-order valence-electron chi connectivity index (χ2n) is 7.43. The molecule has 3 rings (SSSR count). The van der Waals surface area contributed by atoms with Crippen LogP contribution in [0.5, 0.6) is 5.75 Å². The molecule has 2 aromatic rings. The van der Waals surface area contributed by atoms with Crippen LogP contribution in [0.4, 0.5) is 0 Å². The summed E-state index contributed by atoms with van der Waals surface area (Å²) in [5.74, 6) is 0.903. The highest BCUT2D eigenvalue weighted by Crippen LogP contribution is 2.22. The minimum atomic E-state index is -3.07. The lowest BCUT2D eigenvalue weighted by Gasteiger charge is -2.28. The van der Waals surface area contributed by atoms with Crippen molar-refractivity contribution < 1.29 is 17.9 Å². The van der Waals surface area contributed by atoms with Gasteiger partial charge in [-0.15, -0.1) is 0 Å². The summed E-state index contributed by atoms with van der Waals surface area (Å²) in [7, 11) is -3.07. The standard InChI is InChI=1S/C22H27NO4S/c1-17-8-9-18(2)21(14-17)27-12-10-22(24)23(15-19-6-4-3-5-7-19)20-11-13-28(25,26)16-20/h3-9,14,20H,10-13,15-16H2,1-2H3/t20-/m1/s1. The molecule has 0 aliphatic carbocycles. The predicted molar refractivity (Wildman–Crippen MR) is 110 cm³/mol. The van der Waals surface area contributed by atoms with Crippen LogP contribution in [-0.2, 0) is 21.2 Å². The summed E-state index contributed by atoms with van der Waals surface area (Å²) in [4.78, 5) is 14.7. The average Bonchev–Trinajstić information content (AvgIpc) is 3.03. The second-order valence-corrected chi connectivity index (χ2v) is 9.66. The van der Waals surface area contributed by atoms with Crippen molar-refractivity contribution in [3.05, 3.63) is 65.2 Å². The Hall–Kier alpha value is -2.34. The van der Waals surface area contributed by atoms with Gasteiger partial charge in [-0.25, -0.2) is 8.42 Å². The highest BCUT2D eigenvalue weighted by molar-refractivity contribution is 7.91. The van der Waals surface area contributed by atoms with Gasteiger partial charge in [0.1, 0.15) is 5.75 Å². The van der Waals surface area contributed by atoms with E-state index in [2.05, 4.69) is 0 Å². The fourth-order valence-corrected chi connectivity index (χ4v) is 5.21. The van der Waals surface area contributed by atoms with Gasteiger partial charge in [-0.2, -0.15) is 0 Å². The van der Waals surface area contributed by atoms with Crippen molar-refractivity contribution in [2.45, 2.75) is 39.3 Å². The second kappa shape index (κ2) is 8.78. The van der Waals surface area contributed by atoms with Gasteiger partial charge in [0.25, 0.3) is 0 Å². The minimum Gasteiger partial charge on any atom is -0.493 e. The van der Waals surface area contributed by atoms with E-state index in [1.807, 2.05) is 62.4 Å². The Morgan fingerprint density at radius 3 is 2.57 bits per heavy atom. The molecule has 0 spiro atoms. The van der Waals surface area contributed by atoms with Gasteiger partial charge in [-0.1, -0.05) is 42.5 Å². The molecule has 28 heavy (non-hydrogen) atoms. The highest BCUT2D eigenvalue weighted by atomic mass is 32.2. The molecular weight excluding hydrogens is 374 g/mol. The summed E-state index contributed by atoms with van der Waals surface area (Å²) < 4.78 is 29.7. The largest absolute Gasteiger partial charge is 0.493 e. The van der Waals surface area contributed by atoms with E-state index in [0.29, 0.717) is 13.0 Å². The van der Waals surface area contributed by atoms with Crippen molar-refractivity contribution in [2.75, 3.05) is 18.1 Å². The number of rotatable bonds is 7. The molecule has 1 aliphatic heterocycles. The van der Waals surface area contributed by atoms with Crippen molar-refractivity contribution in [3.8, 4) is 5.75 Å². The summed E-state index contributed by atoms with van der Waals surface area (Å²) in [5.41, 5.74) is 3.13. The molecule has 1 atom stereocenters. The number of sulfone groups is 1. The first kappa shape index (κ1) is 20.4. The van der Waals surface area contributed by atoms with Crippen molar-refractivity contribution >= 4 is 15.7 Å². The summed E-state index contributed by atoms with van der Waals surface area (Å²) in [6, 6.07) is 15.4. The summed E-state index contributed by atoms with van der Waals surface area (Å²) in [6.07, 6.45) is 0.718. The molecule has 1 saturated heterocycles. The van der Waals surface area contributed by atoms with Crippen LogP contribution >= 0.6 is 0 Å².